The predicted molar refractivity (Wildman–Crippen MR) is 142 cm³/mol. The molecule has 0 aliphatic heterocycles. The number of methoxy groups -OCH3 is 2. The van der Waals surface area contributed by atoms with E-state index in [9.17, 15) is 4.79 Å². The van der Waals surface area contributed by atoms with Crippen molar-refractivity contribution in [1.82, 2.24) is 19.8 Å². The van der Waals surface area contributed by atoms with Gasteiger partial charge in [0, 0.05) is 18.8 Å². The molecule has 0 bridgehead atoms. The first kappa shape index (κ1) is 25.2. The highest BCUT2D eigenvalue weighted by Crippen LogP contribution is 2.28. The minimum Gasteiger partial charge on any atom is -0.496 e. The number of carbonyl (C=O) groups excluding carboxylic acids is 1. The minimum atomic E-state index is -0.533. The Labute approximate surface area is 211 Å². The third-order valence-electron chi connectivity index (χ3n) is 6.34. The summed E-state index contributed by atoms with van der Waals surface area (Å²) in [5, 5.41) is 9.54. The lowest BCUT2D eigenvalue weighted by molar-refractivity contribution is 0.0592. The number of unbranched alkanes of at least 4 members (excludes halogenated alkanes) is 1. The van der Waals surface area contributed by atoms with Gasteiger partial charge in [0.2, 0.25) is 0 Å². The number of rotatable bonds is 9. The van der Waals surface area contributed by atoms with E-state index in [1.807, 2.05) is 31.2 Å². The zero-order valence-electron chi connectivity index (χ0n) is 21.8. The highest BCUT2D eigenvalue weighted by atomic mass is 16.5. The van der Waals surface area contributed by atoms with Crippen molar-refractivity contribution in [3.63, 3.8) is 0 Å². The summed E-state index contributed by atoms with van der Waals surface area (Å²) < 4.78 is 11.9. The van der Waals surface area contributed by atoms with Crippen LogP contribution in [0.25, 0.3) is 23.1 Å². The van der Waals surface area contributed by atoms with E-state index in [0.29, 0.717) is 22.4 Å². The molecule has 8 heteroatoms. The molecular formula is C28H33N5O3. The van der Waals surface area contributed by atoms with Gasteiger partial charge in [0.15, 0.2) is 17.2 Å². The number of fused-ring (bicyclic) bond motifs is 1. The Bertz CT molecular complexity index is 1440. The van der Waals surface area contributed by atoms with Crippen LogP contribution in [0.1, 0.15) is 53.9 Å². The topological polar surface area (TPSA) is 81.9 Å². The van der Waals surface area contributed by atoms with E-state index in [1.165, 1.54) is 17.4 Å². The van der Waals surface area contributed by atoms with Crippen LogP contribution in [0.2, 0.25) is 0 Å². The highest BCUT2D eigenvalue weighted by molar-refractivity contribution is 5.90. The third-order valence-corrected chi connectivity index (χ3v) is 6.34. The molecule has 4 aromatic rings. The summed E-state index contributed by atoms with van der Waals surface area (Å²) >= 11 is 0. The van der Waals surface area contributed by atoms with Crippen molar-refractivity contribution >= 4 is 23.4 Å². The first-order chi connectivity index (χ1) is 17.4. The standard InChI is InChI=1S/C28H33N5O3/c1-7-9-14-32(8-2)21-12-11-20(19(4)16-21)17-23-25(28(34)36-6)30-33-27(23)29-26(31-33)22-15-18(3)10-13-24(22)35-5/h10-13,15-17H,7-9,14H2,1-6H3/b23-17-. The van der Waals surface area contributed by atoms with Crippen LogP contribution in [-0.4, -0.2) is 53.1 Å². The lowest BCUT2D eigenvalue weighted by Crippen LogP contribution is -2.23. The van der Waals surface area contributed by atoms with Crippen LogP contribution in [0.4, 0.5) is 5.69 Å². The molecule has 2 aromatic carbocycles. The summed E-state index contributed by atoms with van der Waals surface area (Å²) in [5.74, 6) is 0.613. The van der Waals surface area contributed by atoms with E-state index in [0.717, 1.165) is 48.2 Å². The summed E-state index contributed by atoms with van der Waals surface area (Å²) in [6.07, 6.45) is 4.25. The smallest absolute Gasteiger partial charge is 0.359 e. The van der Waals surface area contributed by atoms with Crippen molar-refractivity contribution in [3.05, 3.63) is 64.0 Å². The van der Waals surface area contributed by atoms with E-state index < -0.39 is 5.97 Å². The van der Waals surface area contributed by atoms with Gasteiger partial charge < -0.3 is 14.4 Å². The van der Waals surface area contributed by atoms with Crippen molar-refractivity contribution < 1.29 is 14.3 Å². The molecule has 36 heavy (non-hydrogen) atoms. The Balaban J connectivity index is 1.84. The van der Waals surface area contributed by atoms with E-state index >= 15 is 0 Å². The molecule has 0 saturated heterocycles. The second-order valence-electron chi connectivity index (χ2n) is 8.82. The Kier molecular flexibility index (Phi) is 7.52. The first-order valence-electron chi connectivity index (χ1n) is 12.3. The highest BCUT2D eigenvalue weighted by Gasteiger charge is 2.21. The van der Waals surface area contributed by atoms with Gasteiger partial charge in [-0.2, -0.15) is 0 Å². The summed E-state index contributed by atoms with van der Waals surface area (Å²) in [6, 6.07) is 12.2. The number of aromatic nitrogens is 4. The molecule has 0 saturated carbocycles. The molecule has 0 radical (unpaired) electrons. The number of aryl methyl sites for hydroxylation is 2. The van der Waals surface area contributed by atoms with Gasteiger partial charge in [0.25, 0.3) is 0 Å². The molecule has 0 N–H and O–H groups in total. The number of anilines is 1. The summed E-state index contributed by atoms with van der Waals surface area (Å²) in [7, 11) is 2.96. The second kappa shape index (κ2) is 10.8. The fraction of sp³-hybridized carbons (Fsp3) is 0.357. The Hall–Kier alpha value is -3.94. The number of carbonyl (C=O) groups is 1. The maximum atomic E-state index is 12.6. The van der Waals surface area contributed by atoms with Gasteiger partial charge in [-0.05, 0) is 68.7 Å². The molecule has 0 atom stereocenters. The fourth-order valence-electron chi connectivity index (χ4n) is 4.28. The maximum Gasteiger partial charge on any atom is 0.359 e. The van der Waals surface area contributed by atoms with Crippen molar-refractivity contribution in [2.45, 2.75) is 40.5 Å². The van der Waals surface area contributed by atoms with Gasteiger partial charge in [-0.15, -0.1) is 14.8 Å². The van der Waals surface area contributed by atoms with E-state index in [2.05, 4.69) is 54.1 Å². The first-order valence-corrected chi connectivity index (χ1v) is 12.3. The van der Waals surface area contributed by atoms with Crippen LogP contribution in [0.5, 0.6) is 5.75 Å². The molecule has 8 nitrogen and oxygen atoms in total. The van der Waals surface area contributed by atoms with Crippen LogP contribution in [-0.2, 0) is 4.74 Å². The van der Waals surface area contributed by atoms with Crippen LogP contribution in [0, 0.1) is 13.8 Å². The van der Waals surface area contributed by atoms with Crippen LogP contribution in [0.3, 0.4) is 0 Å². The van der Waals surface area contributed by atoms with Crippen molar-refractivity contribution in [2.24, 2.45) is 0 Å². The van der Waals surface area contributed by atoms with Crippen molar-refractivity contribution in [3.8, 4) is 17.1 Å². The van der Waals surface area contributed by atoms with Crippen LogP contribution in [0.15, 0.2) is 36.4 Å². The van der Waals surface area contributed by atoms with Gasteiger partial charge in [-0.3, -0.25) is 0 Å². The van der Waals surface area contributed by atoms with Gasteiger partial charge in [0.1, 0.15) is 5.75 Å². The zero-order valence-corrected chi connectivity index (χ0v) is 21.8. The summed E-state index contributed by atoms with van der Waals surface area (Å²) in [6.45, 7) is 10.4. The fourth-order valence-corrected chi connectivity index (χ4v) is 4.28. The summed E-state index contributed by atoms with van der Waals surface area (Å²) in [5.41, 5.74) is 5.75. The monoisotopic (exact) mass is 487 g/mol. The van der Waals surface area contributed by atoms with Gasteiger partial charge >= 0.3 is 5.97 Å². The molecule has 2 heterocycles. The van der Waals surface area contributed by atoms with Gasteiger partial charge in [-0.25, -0.2) is 9.78 Å². The van der Waals surface area contributed by atoms with E-state index in [4.69, 9.17) is 14.5 Å². The largest absolute Gasteiger partial charge is 0.496 e. The minimum absolute atomic E-state index is 0.178. The molecular weight excluding hydrogens is 454 g/mol. The number of ether oxygens (including phenoxy) is 2. The molecule has 0 fully saturated rings. The number of benzene rings is 2. The van der Waals surface area contributed by atoms with Crippen LogP contribution < -0.4 is 14.9 Å². The lowest BCUT2D eigenvalue weighted by atomic mass is 10.1. The second-order valence-corrected chi connectivity index (χ2v) is 8.82. The Morgan fingerprint density at radius 2 is 1.89 bits per heavy atom. The molecule has 0 aliphatic carbocycles. The van der Waals surface area contributed by atoms with Gasteiger partial charge in [-0.1, -0.05) is 31.0 Å². The molecule has 188 valence electrons. The number of hydrogen-bond donors (Lipinski definition) is 0. The Morgan fingerprint density at radius 1 is 1.08 bits per heavy atom. The van der Waals surface area contributed by atoms with Crippen molar-refractivity contribution in [2.75, 3.05) is 32.2 Å². The average Bonchev–Trinajstić information content (AvgIpc) is 3.44. The molecule has 0 unspecified atom stereocenters. The quantitative estimate of drug-likeness (QED) is 0.324. The van der Waals surface area contributed by atoms with Crippen LogP contribution >= 0.6 is 0 Å². The van der Waals surface area contributed by atoms with Crippen molar-refractivity contribution in [1.29, 1.82) is 0 Å². The zero-order chi connectivity index (χ0) is 25.8. The third kappa shape index (κ3) is 4.89. The maximum absolute atomic E-state index is 12.6. The normalized spacial score (nSPS) is 11.8. The lowest BCUT2D eigenvalue weighted by Gasteiger charge is -2.23. The Morgan fingerprint density at radius 3 is 2.56 bits per heavy atom. The van der Waals surface area contributed by atoms with E-state index in [-0.39, 0.29) is 5.69 Å². The van der Waals surface area contributed by atoms with Gasteiger partial charge in [0.05, 0.1) is 25.0 Å². The number of nitrogens with zero attached hydrogens (tertiary/aromatic N) is 5. The predicted octanol–water partition coefficient (Wildman–Crippen LogP) is 4.38. The number of hydrogen-bond acceptors (Lipinski definition) is 7. The van der Waals surface area contributed by atoms with E-state index in [1.54, 1.807) is 7.11 Å². The SMILES string of the molecule is CCCCN(CC)c1ccc(/C=c2/c(C(=O)OC)nn3nc(-c4cc(C)ccc4OC)nc23)c(C)c1. The average molecular weight is 488 g/mol. The molecule has 0 amide bonds. The molecule has 4 rings (SSSR count). The number of esters is 1. The molecule has 2 aromatic heterocycles. The molecule has 0 spiro atoms. The molecule has 0 aliphatic rings. The summed E-state index contributed by atoms with van der Waals surface area (Å²) in [4.78, 5) is 19.7.